The molecular weight excluding hydrogens is 619 g/mol. The van der Waals surface area contributed by atoms with Crippen molar-refractivity contribution in [2.45, 2.75) is 21.3 Å². The Hall–Kier alpha value is -3.43. The van der Waals surface area contributed by atoms with Gasteiger partial charge in [0.2, 0.25) is 0 Å². The van der Waals surface area contributed by atoms with Gasteiger partial charge < -0.3 is 10.1 Å². The van der Waals surface area contributed by atoms with Gasteiger partial charge in [-0.15, -0.1) is 6.58 Å². The Kier molecular flexibility index (Phi) is 9.33. The average molecular weight is 644 g/mol. The van der Waals surface area contributed by atoms with Crippen molar-refractivity contribution in [2.24, 2.45) is 0 Å². The number of hydrogen-bond acceptors (Lipinski definition) is 7. The van der Waals surface area contributed by atoms with E-state index >= 15 is 0 Å². The van der Waals surface area contributed by atoms with Gasteiger partial charge in [0, 0.05) is 23.8 Å². The molecule has 1 saturated heterocycles. The van der Waals surface area contributed by atoms with Crippen LogP contribution in [0.4, 0.5) is 24.5 Å². The summed E-state index contributed by atoms with van der Waals surface area (Å²) in [6.07, 6.45) is -3.42. The van der Waals surface area contributed by atoms with Crippen LogP contribution in [0.2, 0.25) is 5.02 Å². The van der Waals surface area contributed by atoms with Crippen molar-refractivity contribution >= 4 is 48.7 Å². The lowest BCUT2D eigenvalue weighted by atomic mass is 10.1. The van der Waals surface area contributed by atoms with E-state index in [1.165, 1.54) is 48.5 Å². The van der Waals surface area contributed by atoms with Crippen LogP contribution in [0.5, 0.6) is 0 Å². The van der Waals surface area contributed by atoms with Crippen LogP contribution in [-0.4, -0.2) is 59.3 Å². The molecule has 224 valence electrons. The standard InChI is InChI=1S/C27H25ClF3N3O6S2/c1-2-25(34-12-14-40-15-13-34)41(36,37)21-9-7-20(8-10-21)32-26(35)23-17-19(28)6-11-24(23)33-42(38,39)22-5-3-4-18(16-22)27(29,30)31/h2-11,16-17,25,33H,1,12-15H2,(H,32,35). The number of alkyl halides is 3. The van der Waals surface area contributed by atoms with Crippen molar-refractivity contribution in [3.63, 3.8) is 0 Å². The highest BCUT2D eigenvalue weighted by Gasteiger charge is 2.33. The van der Waals surface area contributed by atoms with E-state index in [1.54, 1.807) is 4.90 Å². The van der Waals surface area contributed by atoms with Crippen LogP contribution in [0, 0.1) is 0 Å². The summed E-state index contributed by atoms with van der Waals surface area (Å²) in [7, 11) is -8.38. The zero-order chi connectivity index (χ0) is 30.7. The van der Waals surface area contributed by atoms with E-state index in [2.05, 4.69) is 16.6 Å². The molecule has 1 atom stereocenters. The van der Waals surface area contributed by atoms with Crippen molar-refractivity contribution in [3.05, 3.63) is 95.5 Å². The van der Waals surface area contributed by atoms with Crippen LogP contribution in [0.15, 0.2) is 89.2 Å². The lowest BCUT2D eigenvalue weighted by molar-refractivity contribution is -0.137. The summed E-state index contributed by atoms with van der Waals surface area (Å²) in [5.74, 6) is -0.813. The summed E-state index contributed by atoms with van der Waals surface area (Å²) in [5.41, 5.74) is -1.44. The van der Waals surface area contributed by atoms with Crippen molar-refractivity contribution in [3.8, 4) is 0 Å². The summed E-state index contributed by atoms with van der Waals surface area (Å²) in [6.45, 7) is 5.30. The summed E-state index contributed by atoms with van der Waals surface area (Å²) in [5, 5.41) is 1.66. The zero-order valence-electron chi connectivity index (χ0n) is 21.8. The molecule has 1 aliphatic rings. The third kappa shape index (κ3) is 7.13. The first kappa shape index (κ1) is 31.5. The third-order valence-corrected chi connectivity index (χ3v) is 9.96. The van der Waals surface area contributed by atoms with Gasteiger partial charge in [-0.05, 0) is 60.7 Å². The van der Waals surface area contributed by atoms with E-state index in [0.29, 0.717) is 32.4 Å². The Morgan fingerprint density at radius 2 is 1.64 bits per heavy atom. The highest BCUT2D eigenvalue weighted by atomic mass is 35.5. The summed E-state index contributed by atoms with van der Waals surface area (Å²) >= 11 is 6.03. The maximum Gasteiger partial charge on any atom is 0.416 e. The monoisotopic (exact) mass is 643 g/mol. The molecule has 0 saturated carbocycles. The van der Waals surface area contributed by atoms with E-state index in [1.807, 2.05) is 0 Å². The van der Waals surface area contributed by atoms with Gasteiger partial charge in [0.05, 0.1) is 39.8 Å². The Morgan fingerprint density at radius 3 is 2.26 bits per heavy atom. The van der Waals surface area contributed by atoms with Gasteiger partial charge in [-0.2, -0.15) is 13.2 Å². The number of anilines is 2. The molecule has 1 amide bonds. The maximum atomic E-state index is 13.2. The molecule has 0 aromatic heterocycles. The molecule has 1 unspecified atom stereocenters. The Labute approximate surface area is 245 Å². The highest BCUT2D eigenvalue weighted by Crippen LogP contribution is 2.32. The molecule has 1 aliphatic heterocycles. The molecule has 0 spiro atoms. The summed E-state index contributed by atoms with van der Waals surface area (Å²) in [4.78, 5) is 14.2. The quantitative estimate of drug-likeness (QED) is 0.314. The lowest BCUT2D eigenvalue weighted by Crippen LogP contribution is -2.46. The predicted octanol–water partition coefficient (Wildman–Crippen LogP) is 5.03. The number of rotatable bonds is 9. The highest BCUT2D eigenvalue weighted by molar-refractivity contribution is 7.92. The SMILES string of the molecule is C=CC(N1CCOCC1)S(=O)(=O)c1ccc(NC(=O)c2cc(Cl)ccc2NS(=O)(=O)c2cccc(C(F)(F)F)c2)cc1. The van der Waals surface area contributed by atoms with E-state index in [0.717, 1.165) is 18.2 Å². The molecule has 3 aromatic rings. The minimum Gasteiger partial charge on any atom is -0.379 e. The molecular formula is C27H25ClF3N3O6S2. The fraction of sp³-hybridized carbons (Fsp3) is 0.222. The largest absolute Gasteiger partial charge is 0.416 e. The number of carbonyl (C=O) groups excluding carboxylic acids is 1. The number of ether oxygens (including phenoxy) is 1. The first-order chi connectivity index (χ1) is 19.7. The van der Waals surface area contributed by atoms with Crippen molar-refractivity contribution < 1.29 is 39.5 Å². The van der Waals surface area contributed by atoms with Crippen LogP contribution >= 0.6 is 11.6 Å². The first-order valence-corrected chi connectivity index (χ1v) is 15.7. The number of nitrogens with one attached hydrogen (secondary N) is 2. The average Bonchev–Trinajstić information content (AvgIpc) is 2.94. The molecule has 9 nitrogen and oxygen atoms in total. The fourth-order valence-electron chi connectivity index (χ4n) is 4.21. The molecule has 3 aromatic carbocycles. The lowest BCUT2D eigenvalue weighted by Gasteiger charge is -2.32. The number of carbonyl (C=O) groups is 1. The minimum absolute atomic E-state index is 0.00539. The van der Waals surface area contributed by atoms with Gasteiger partial charge in [0.25, 0.3) is 15.9 Å². The van der Waals surface area contributed by atoms with E-state index < -0.39 is 47.8 Å². The smallest absolute Gasteiger partial charge is 0.379 e. The summed E-state index contributed by atoms with van der Waals surface area (Å²) in [6, 6.07) is 12.2. The maximum absolute atomic E-state index is 13.2. The number of nitrogens with zero attached hydrogens (tertiary/aromatic N) is 1. The number of sulfonamides is 1. The third-order valence-electron chi connectivity index (χ3n) is 6.31. The predicted molar refractivity (Wildman–Crippen MR) is 152 cm³/mol. The molecule has 0 aliphatic carbocycles. The van der Waals surface area contributed by atoms with Crippen molar-refractivity contribution in [1.82, 2.24) is 4.90 Å². The second-order valence-corrected chi connectivity index (χ2v) is 13.3. The van der Waals surface area contributed by atoms with Gasteiger partial charge in [0.1, 0.15) is 5.37 Å². The molecule has 42 heavy (non-hydrogen) atoms. The Balaban J connectivity index is 1.55. The molecule has 1 heterocycles. The normalized spacial score (nSPS) is 15.5. The zero-order valence-corrected chi connectivity index (χ0v) is 24.2. The van der Waals surface area contributed by atoms with Crippen molar-refractivity contribution in [2.75, 3.05) is 36.3 Å². The Bertz CT molecular complexity index is 1690. The minimum atomic E-state index is -4.76. The first-order valence-electron chi connectivity index (χ1n) is 12.3. The summed E-state index contributed by atoms with van der Waals surface area (Å²) < 4.78 is 99.1. The number of amides is 1. The van der Waals surface area contributed by atoms with Crippen LogP contribution in [0.3, 0.4) is 0 Å². The van der Waals surface area contributed by atoms with Gasteiger partial charge in [-0.1, -0.05) is 23.7 Å². The van der Waals surface area contributed by atoms with Crippen LogP contribution < -0.4 is 10.0 Å². The van der Waals surface area contributed by atoms with Gasteiger partial charge >= 0.3 is 6.18 Å². The fourth-order valence-corrected chi connectivity index (χ4v) is 7.15. The van der Waals surface area contributed by atoms with Gasteiger partial charge in [-0.25, -0.2) is 16.8 Å². The number of benzene rings is 3. The van der Waals surface area contributed by atoms with Crippen molar-refractivity contribution in [1.29, 1.82) is 0 Å². The molecule has 0 radical (unpaired) electrons. The molecule has 4 rings (SSSR count). The molecule has 15 heteroatoms. The number of sulfone groups is 1. The van der Waals surface area contributed by atoms with Gasteiger partial charge in [-0.3, -0.25) is 14.4 Å². The van der Waals surface area contributed by atoms with Crippen LogP contribution in [0.25, 0.3) is 0 Å². The Morgan fingerprint density at radius 1 is 0.976 bits per heavy atom. The topological polar surface area (TPSA) is 122 Å². The number of morpholine rings is 1. The molecule has 2 N–H and O–H groups in total. The van der Waals surface area contributed by atoms with Crippen LogP contribution in [-0.2, 0) is 30.8 Å². The van der Waals surface area contributed by atoms with Gasteiger partial charge in [0.15, 0.2) is 9.84 Å². The number of halogens is 4. The van der Waals surface area contributed by atoms with E-state index in [9.17, 15) is 34.8 Å². The van der Waals surface area contributed by atoms with Crippen LogP contribution in [0.1, 0.15) is 15.9 Å². The second kappa shape index (κ2) is 12.4. The van der Waals surface area contributed by atoms with E-state index in [-0.39, 0.29) is 26.9 Å². The van der Waals surface area contributed by atoms with E-state index in [4.69, 9.17) is 16.3 Å². The number of hydrogen-bond donors (Lipinski definition) is 2. The molecule has 0 bridgehead atoms. The molecule has 1 fully saturated rings. The second-order valence-electron chi connectivity index (χ2n) is 9.12.